The quantitative estimate of drug-likeness (QED) is 0.458. The van der Waals surface area contributed by atoms with Gasteiger partial charge in [0.1, 0.15) is 5.78 Å². The summed E-state index contributed by atoms with van der Waals surface area (Å²) in [4.78, 5) is 12.9. The van der Waals surface area contributed by atoms with Crippen molar-refractivity contribution in [2.75, 3.05) is 0 Å². The summed E-state index contributed by atoms with van der Waals surface area (Å²) in [5, 5.41) is 46.1. The van der Waals surface area contributed by atoms with E-state index in [0.717, 1.165) is 25.7 Å². The van der Waals surface area contributed by atoms with Crippen molar-refractivity contribution in [3.05, 3.63) is 0 Å². The second-order valence-electron chi connectivity index (χ2n) is 15.8. The fraction of sp³-hybridized carbons (Fsp3) is 0.967. The normalized spacial score (nSPS) is 59.6. The molecule has 4 N–H and O–H groups in total. The summed E-state index contributed by atoms with van der Waals surface area (Å²) in [6, 6.07) is 0. The van der Waals surface area contributed by atoms with Crippen LogP contribution in [-0.2, 0) is 9.53 Å². The van der Waals surface area contributed by atoms with Crippen molar-refractivity contribution in [1.29, 1.82) is 0 Å². The van der Waals surface area contributed by atoms with Crippen LogP contribution in [0.5, 0.6) is 0 Å². The van der Waals surface area contributed by atoms with E-state index in [1.54, 1.807) is 13.8 Å². The fourth-order valence-electron chi connectivity index (χ4n) is 12.0. The van der Waals surface area contributed by atoms with Crippen LogP contribution in [0.2, 0.25) is 0 Å². The van der Waals surface area contributed by atoms with Crippen molar-refractivity contribution < 1.29 is 30.0 Å². The summed E-state index contributed by atoms with van der Waals surface area (Å²) in [7, 11) is 0. The SMILES string of the molecule is CC(C)(O)[C@@H]1CC[C@](C)([C@H]2[C@@H](O)C[C@@]3(C)[C@@H]4C[C@H](O)[C@H]5C(C)(C)C(=O)CC[C@@]56C[C@@]46[C@@H](O)C[C@]23C)O1. The van der Waals surface area contributed by atoms with E-state index in [1.165, 1.54) is 0 Å². The van der Waals surface area contributed by atoms with E-state index in [2.05, 4.69) is 20.8 Å². The van der Waals surface area contributed by atoms with Crippen molar-refractivity contribution in [1.82, 2.24) is 0 Å². The van der Waals surface area contributed by atoms with Crippen molar-refractivity contribution in [3.8, 4) is 0 Å². The van der Waals surface area contributed by atoms with Gasteiger partial charge in [-0.3, -0.25) is 4.79 Å². The van der Waals surface area contributed by atoms with Crippen LogP contribution < -0.4 is 0 Å². The van der Waals surface area contributed by atoms with Crippen LogP contribution in [0.1, 0.15) is 99.8 Å². The van der Waals surface area contributed by atoms with Crippen molar-refractivity contribution in [3.63, 3.8) is 0 Å². The van der Waals surface area contributed by atoms with E-state index in [4.69, 9.17) is 4.74 Å². The van der Waals surface area contributed by atoms with Gasteiger partial charge in [0.25, 0.3) is 0 Å². The third-order valence-electron chi connectivity index (χ3n) is 13.5. The first-order chi connectivity index (χ1) is 16.4. The first-order valence-corrected chi connectivity index (χ1v) is 14.4. The van der Waals surface area contributed by atoms with Crippen LogP contribution in [0.15, 0.2) is 0 Å². The van der Waals surface area contributed by atoms with Crippen molar-refractivity contribution >= 4 is 5.78 Å². The molecule has 0 bridgehead atoms. The molecule has 6 aliphatic rings. The molecule has 6 nitrogen and oxygen atoms in total. The zero-order valence-corrected chi connectivity index (χ0v) is 23.3. The highest BCUT2D eigenvalue weighted by Gasteiger charge is 2.87. The molecule has 0 unspecified atom stereocenters. The zero-order chi connectivity index (χ0) is 26.5. The number of fused-ring (bicyclic) bond motifs is 2. The number of Topliss-reactive ketones (excluding diaryl/α,β-unsaturated/α-hetero) is 1. The molecular weight excluding hydrogens is 456 g/mol. The number of carbonyl (C=O) groups excluding carboxylic acids is 1. The van der Waals surface area contributed by atoms with Gasteiger partial charge in [-0.1, -0.05) is 27.7 Å². The lowest BCUT2D eigenvalue weighted by Gasteiger charge is -2.65. The molecule has 0 aromatic heterocycles. The Bertz CT molecular complexity index is 986. The Labute approximate surface area is 216 Å². The number of rotatable bonds is 2. The van der Waals surface area contributed by atoms with Gasteiger partial charge in [0.15, 0.2) is 0 Å². The zero-order valence-electron chi connectivity index (χ0n) is 23.3. The molecule has 204 valence electrons. The predicted octanol–water partition coefficient (Wildman–Crippen LogP) is 3.62. The van der Waals surface area contributed by atoms with Crippen LogP contribution in [0, 0.1) is 44.8 Å². The highest BCUT2D eigenvalue weighted by Crippen LogP contribution is 2.88. The molecule has 6 rings (SSSR count). The molecular formula is C30H48O6. The van der Waals surface area contributed by atoms with Crippen LogP contribution in [-0.4, -0.2) is 61.8 Å². The van der Waals surface area contributed by atoms with E-state index >= 15 is 0 Å². The molecule has 6 fully saturated rings. The summed E-state index contributed by atoms with van der Waals surface area (Å²) in [5.41, 5.74) is -3.24. The molecule has 1 saturated heterocycles. The molecule has 1 aliphatic heterocycles. The van der Waals surface area contributed by atoms with Crippen molar-refractivity contribution in [2.45, 2.75) is 135 Å². The van der Waals surface area contributed by atoms with Gasteiger partial charge in [-0.25, -0.2) is 0 Å². The number of carbonyl (C=O) groups is 1. The number of aliphatic hydroxyl groups excluding tert-OH is 3. The van der Waals surface area contributed by atoms with Gasteiger partial charge < -0.3 is 25.2 Å². The maximum atomic E-state index is 12.9. The number of hydrogen-bond donors (Lipinski definition) is 4. The minimum absolute atomic E-state index is 0.0868. The Morgan fingerprint density at radius 2 is 1.58 bits per heavy atom. The fourth-order valence-corrected chi connectivity index (χ4v) is 12.0. The summed E-state index contributed by atoms with van der Waals surface area (Å²) < 4.78 is 6.60. The molecule has 0 aromatic carbocycles. The summed E-state index contributed by atoms with van der Waals surface area (Å²) in [5.74, 6) is 0.0468. The van der Waals surface area contributed by atoms with Gasteiger partial charge in [0.05, 0.1) is 35.6 Å². The molecule has 0 amide bonds. The average molecular weight is 505 g/mol. The second kappa shape index (κ2) is 6.96. The number of ether oxygens (including phenoxy) is 1. The van der Waals surface area contributed by atoms with Crippen LogP contribution in [0.4, 0.5) is 0 Å². The maximum absolute atomic E-state index is 12.9. The maximum Gasteiger partial charge on any atom is 0.138 e. The molecule has 1 heterocycles. The van der Waals surface area contributed by atoms with Crippen LogP contribution in [0.3, 0.4) is 0 Å². The standard InChI is InChI=1S/C30H48O6/c1-24(2)19(33)8-11-29-15-30(29)18(12-16(31)22(24)29)26(5)13-17(32)23(27(26,6)14-20(30)34)28(7)10-9-21(36-28)25(3,4)35/h16-18,20-23,31-32,34-35H,8-15H2,1-7H3/t16-,17-,18-,20-,21-,22-,23-,26-,27+,28+,29+,30-/m0/s1. The highest BCUT2D eigenvalue weighted by atomic mass is 16.5. The highest BCUT2D eigenvalue weighted by molar-refractivity contribution is 5.86. The third-order valence-corrected chi connectivity index (χ3v) is 13.5. The molecule has 6 heteroatoms. The van der Waals surface area contributed by atoms with Gasteiger partial charge >= 0.3 is 0 Å². The third kappa shape index (κ3) is 2.69. The first-order valence-electron chi connectivity index (χ1n) is 14.4. The minimum atomic E-state index is -0.949. The molecule has 0 radical (unpaired) electrons. The monoisotopic (exact) mass is 504 g/mol. The Kier molecular flexibility index (Phi) is 4.98. The van der Waals surface area contributed by atoms with Gasteiger partial charge in [-0.15, -0.1) is 0 Å². The average Bonchev–Trinajstić information content (AvgIpc) is 3.15. The number of hydrogen-bond acceptors (Lipinski definition) is 6. The lowest BCUT2D eigenvalue weighted by atomic mass is 9.40. The van der Waals surface area contributed by atoms with Gasteiger partial charge in [0, 0.05) is 29.1 Å². The largest absolute Gasteiger partial charge is 0.393 e. The molecule has 0 aromatic rings. The van der Waals surface area contributed by atoms with Gasteiger partial charge in [-0.2, -0.15) is 0 Å². The lowest BCUT2D eigenvalue weighted by Crippen LogP contribution is -2.65. The van der Waals surface area contributed by atoms with Gasteiger partial charge in [0.2, 0.25) is 0 Å². The van der Waals surface area contributed by atoms with E-state index in [1.807, 2.05) is 13.8 Å². The number of ketones is 1. The van der Waals surface area contributed by atoms with Crippen LogP contribution in [0.25, 0.3) is 0 Å². The van der Waals surface area contributed by atoms with E-state index in [0.29, 0.717) is 25.7 Å². The van der Waals surface area contributed by atoms with Crippen LogP contribution >= 0.6 is 0 Å². The van der Waals surface area contributed by atoms with E-state index < -0.39 is 34.9 Å². The molecule has 12 atom stereocenters. The predicted molar refractivity (Wildman–Crippen MR) is 135 cm³/mol. The first kappa shape index (κ1) is 25.7. The smallest absolute Gasteiger partial charge is 0.138 e. The topological polar surface area (TPSA) is 107 Å². The Hall–Kier alpha value is -0.530. The van der Waals surface area contributed by atoms with Crippen molar-refractivity contribution in [2.24, 2.45) is 44.8 Å². The lowest BCUT2D eigenvalue weighted by molar-refractivity contribution is -0.230. The van der Waals surface area contributed by atoms with E-state index in [9.17, 15) is 25.2 Å². The Morgan fingerprint density at radius 3 is 2.19 bits per heavy atom. The Morgan fingerprint density at radius 1 is 0.917 bits per heavy atom. The molecule has 36 heavy (non-hydrogen) atoms. The Balaban J connectivity index is 1.41. The van der Waals surface area contributed by atoms with E-state index in [-0.39, 0.29) is 51.3 Å². The summed E-state index contributed by atoms with van der Waals surface area (Å²) >= 11 is 0. The number of aliphatic hydroxyl groups is 4. The second-order valence-corrected chi connectivity index (χ2v) is 15.8. The molecule has 2 spiro atoms. The minimum Gasteiger partial charge on any atom is -0.393 e. The molecule has 5 saturated carbocycles. The summed E-state index contributed by atoms with van der Waals surface area (Å²) in [6.07, 6.45) is 3.55. The molecule has 5 aliphatic carbocycles. The van der Waals surface area contributed by atoms with Gasteiger partial charge in [-0.05, 0) is 87.9 Å². The summed E-state index contributed by atoms with van der Waals surface area (Å²) in [6.45, 7) is 14.2.